The summed E-state index contributed by atoms with van der Waals surface area (Å²) in [5, 5.41) is 17.1. The number of hydrogen-bond donors (Lipinski definition) is 3. The van der Waals surface area contributed by atoms with Gasteiger partial charge in [0.1, 0.15) is 24.4 Å². The van der Waals surface area contributed by atoms with Gasteiger partial charge in [-0.05, 0) is 30.4 Å². The summed E-state index contributed by atoms with van der Waals surface area (Å²) < 4.78 is 17.9. The maximum atomic E-state index is 13.3. The van der Waals surface area contributed by atoms with Crippen molar-refractivity contribution in [3.05, 3.63) is 71.8 Å². The summed E-state index contributed by atoms with van der Waals surface area (Å²) in [7, 11) is 1.34. The first kappa shape index (κ1) is 30.3. The maximum Gasteiger partial charge on any atom is 0.252 e. The molecule has 0 radical (unpaired) electrons. The smallest absolute Gasteiger partial charge is 0.252 e. The Bertz CT molecular complexity index is 1080. The van der Waals surface area contributed by atoms with Gasteiger partial charge in [-0.15, -0.1) is 0 Å². The molecule has 0 spiro atoms. The molecular formula is C31H40N2O6. The van der Waals surface area contributed by atoms with Crippen molar-refractivity contribution in [1.29, 1.82) is 0 Å². The molecule has 0 bridgehead atoms. The zero-order valence-electron chi connectivity index (χ0n) is 23.0. The van der Waals surface area contributed by atoms with E-state index >= 15 is 0 Å². The van der Waals surface area contributed by atoms with Crippen molar-refractivity contribution in [2.24, 2.45) is 5.92 Å². The fourth-order valence-electron chi connectivity index (χ4n) is 4.26. The fraction of sp³-hybridized carbons (Fsp3) is 0.484. The van der Waals surface area contributed by atoms with Crippen molar-refractivity contribution in [2.75, 3.05) is 13.7 Å². The number of methoxy groups -OCH3 is 1. The monoisotopic (exact) mass is 536 g/mol. The number of ether oxygens (including phenoxy) is 3. The molecule has 1 aliphatic rings. The van der Waals surface area contributed by atoms with Gasteiger partial charge in [0, 0.05) is 19.6 Å². The molecule has 1 fully saturated rings. The molecule has 1 saturated heterocycles. The van der Waals surface area contributed by atoms with Crippen LogP contribution in [-0.2, 0) is 37.0 Å². The summed E-state index contributed by atoms with van der Waals surface area (Å²) in [4.78, 5) is 25.7. The predicted octanol–water partition coefficient (Wildman–Crippen LogP) is 2.98. The molecule has 39 heavy (non-hydrogen) atoms. The molecule has 1 aliphatic heterocycles. The topological polar surface area (TPSA) is 106 Å². The highest BCUT2D eigenvalue weighted by atomic mass is 16.6. The van der Waals surface area contributed by atoms with Gasteiger partial charge < -0.3 is 30.0 Å². The normalized spacial score (nSPS) is 18.6. The Morgan fingerprint density at radius 2 is 1.62 bits per heavy atom. The van der Waals surface area contributed by atoms with Crippen LogP contribution in [-0.4, -0.2) is 61.0 Å². The molecule has 2 aromatic rings. The van der Waals surface area contributed by atoms with Crippen LogP contribution in [0.3, 0.4) is 0 Å². The van der Waals surface area contributed by atoms with Crippen LogP contribution in [0.25, 0.3) is 0 Å². The molecule has 2 amide bonds. The number of amides is 2. The molecule has 2 aromatic carbocycles. The zero-order valence-corrected chi connectivity index (χ0v) is 23.0. The molecule has 0 aliphatic carbocycles. The largest absolute Gasteiger partial charge is 0.387 e. The summed E-state index contributed by atoms with van der Waals surface area (Å²) >= 11 is 0. The molecular weight excluding hydrogens is 496 g/mol. The third kappa shape index (κ3) is 9.79. The Labute approximate surface area is 231 Å². The minimum absolute atomic E-state index is 0.0509. The summed E-state index contributed by atoms with van der Waals surface area (Å²) in [6, 6.07) is 18.5. The fourth-order valence-corrected chi connectivity index (χ4v) is 4.26. The minimum Gasteiger partial charge on any atom is -0.387 e. The first-order valence-corrected chi connectivity index (χ1v) is 13.5. The van der Waals surface area contributed by atoms with Gasteiger partial charge in [-0.3, -0.25) is 9.59 Å². The second-order valence-electron chi connectivity index (χ2n) is 9.92. The van der Waals surface area contributed by atoms with Gasteiger partial charge in [0.25, 0.3) is 5.91 Å². The predicted molar refractivity (Wildman–Crippen MR) is 148 cm³/mol. The molecule has 0 saturated carbocycles. The van der Waals surface area contributed by atoms with E-state index in [9.17, 15) is 14.7 Å². The van der Waals surface area contributed by atoms with Gasteiger partial charge in [0.05, 0.1) is 13.2 Å². The summed E-state index contributed by atoms with van der Waals surface area (Å²) in [6.45, 7) is 4.90. The molecule has 210 valence electrons. The van der Waals surface area contributed by atoms with Crippen LogP contribution in [0.15, 0.2) is 60.7 Å². The van der Waals surface area contributed by atoms with E-state index in [1.54, 1.807) is 0 Å². The first-order valence-electron chi connectivity index (χ1n) is 13.5. The van der Waals surface area contributed by atoms with Gasteiger partial charge in [-0.1, -0.05) is 86.4 Å². The van der Waals surface area contributed by atoms with Crippen molar-refractivity contribution in [1.82, 2.24) is 10.6 Å². The van der Waals surface area contributed by atoms with Crippen LogP contribution in [0.2, 0.25) is 0 Å². The number of benzene rings is 2. The summed E-state index contributed by atoms with van der Waals surface area (Å²) in [5.74, 6) is 5.44. The molecule has 0 aromatic heterocycles. The average molecular weight is 537 g/mol. The molecule has 1 heterocycles. The van der Waals surface area contributed by atoms with E-state index in [1.807, 2.05) is 74.5 Å². The Balaban J connectivity index is 1.85. The maximum absolute atomic E-state index is 13.3. The van der Waals surface area contributed by atoms with Crippen molar-refractivity contribution in [2.45, 2.75) is 76.8 Å². The van der Waals surface area contributed by atoms with E-state index in [0.717, 1.165) is 24.0 Å². The van der Waals surface area contributed by atoms with E-state index in [-0.39, 0.29) is 25.0 Å². The summed E-state index contributed by atoms with van der Waals surface area (Å²) in [6.07, 6.45) is -2.48. The first-order chi connectivity index (χ1) is 18.9. The number of nitrogens with one attached hydrogen (secondary N) is 2. The SMILES string of the molecule is CO[C@@H](C(=O)N[C@H]1CCCCNC1=O)[C@H](O)[C@@H](OCc1ccccc1)[C@@H](C#CC(C)C)OCc1ccccc1. The van der Waals surface area contributed by atoms with Crippen molar-refractivity contribution < 1.29 is 28.9 Å². The van der Waals surface area contributed by atoms with Crippen LogP contribution >= 0.6 is 0 Å². The van der Waals surface area contributed by atoms with Gasteiger partial charge in [-0.25, -0.2) is 0 Å². The Morgan fingerprint density at radius 1 is 1.00 bits per heavy atom. The van der Waals surface area contributed by atoms with Crippen LogP contribution < -0.4 is 10.6 Å². The standard InChI is InChI=1S/C31H40N2O6/c1-22(2)17-18-26(38-20-23-12-6-4-7-13-23)28(39-21-24-14-8-5-9-15-24)27(34)29(37-3)31(36)33-25-16-10-11-19-32-30(25)35/h4-9,12-15,22,25-29,34H,10-11,16,19-21H2,1-3H3,(H,32,35)(H,33,36)/t25-,26+,27+,28-,29+/m0/s1. The highest BCUT2D eigenvalue weighted by Crippen LogP contribution is 2.19. The quantitative estimate of drug-likeness (QED) is 0.360. The number of hydrogen-bond acceptors (Lipinski definition) is 6. The molecule has 8 nitrogen and oxygen atoms in total. The van der Waals surface area contributed by atoms with E-state index in [4.69, 9.17) is 14.2 Å². The summed E-state index contributed by atoms with van der Waals surface area (Å²) in [5.41, 5.74) is 1.83. The second kappa shape index (κ2) is 16.0. The van der Waals surface area contributed by atoms with Crippen LogP contribution in [0.1, 0.15) is 44.2 Å². The van der Waals surface area contributed by atoms with E-state index in [0.29, 0.717) is 13.0 Å². The molecule has 3 N–H and O–H groups in total. The van der Waals surface area contributed by atoms with Crippen molar-refractivity contribution >= 4 is 11.8 Å². The van der Waals surface area contributed by atoms with Crippen LogP contribution in [0, 0.1) is 17.8 Å². The Hall–Kier alpha value is -3.22. The van der Waals surface area contributed by atoms with E-state index < -0.39 is 36.4 Å². The van der Waals surface area contributed by atoms with Gasteiger partial charge in [-0.2, -0.15) is 0 Å². The lowest BCUT2D eigenvalue weighted by atomic mass is 10.00. The van der Waals surface area contributed by atoms with Crippen molar-refractivity contribution in [3.63, 3.8) is 0 Å². The van der Waals surface area contributed by atoms with Crippen molar-refractivity contribution in [3.8, 4) is 11.8 Å². The molecule has 8 heteroatoms. The third-order valence-electron chi connectivity index (χ3n) is 6.38. The molecule has 5 atom stereocenters. The number of rotatable bonds is 12. The zero-order chi connectivity index (χ0) is 28.0. The third-order valence-corrected chi connectivity index (χ3v) is 6.38. The van der Waals surface area contributed by atoms with Gasteiger partial charge in [0.15, 0.2) is 6.10 Å². The number of aliphatic hydroxyl groups excluding tert-OH is 1. The average Bonchev–Trinajstić information content (AvgIpc) is 3.14. The second-order valence-corrected chi connectivity index (χ2v) is 9.92. The number of aliphatic hydroxyl groups is 1. The number of carbonyl (C=O) groups excluding carboxylic acids is 2. The minimum atomic E-state index is -1.44. The Morgan fingerprint density at radius 3 is 2.21 bits per heavy atom. The highest BCUT2D eigenvalue weighted by molar-refractivity contribution is 5.89. The van der Waals surface area contributed by atoms with Gasteiger partial charge >= 0.3 is 0 Å². The van der Waals surface area contributed by atoms with Crippen LogP contribution in [0.4, 0.5) is 0 Å². The van der Waals surface area contributed by atoms with Gasteiger partial charge in [0.2, 0.25) is 5.91 Å². The van der Waals surface area contributed by atoms with E-state index in [2.05, 4.69) is 22.5 Å². The highest BCUT2D eigenvalue weighted by Gasteiger charge is 2.40. The van der Waals surface area contributed by atoms with E-state index in [1.165, 1.54) is 7.11 Å². The molecule has 0 unspecified atom stereocenters. The lowest BCUT2D eigenvalue weighted by Gasteiger charge is -2.32. The molecule has 3 rings (SSSR count). The number of carbonyl (C=O) groups is 2. The lowest BCUT2D eigenvalue weighted by Crippen LogP contribution is -2.56. The lowest BCUT2D eigenvalue weighted by molar-refractivity contribution is -0.164. The van der Waals surface area contributed by atoms with Crippen LogP contribution in [0.5, 0.6) is 0 Å². The Kier molecular flexibility index (Phi) is 12.5.